The second kappa shape index (κ2) is 8.42. The van der Waals surface area contributed by atoms with Gasteiger partial charge >= 0.3 is 0 Å². The molecule has 0 bridgehead atoms. The molecule has 0 aliphatic carbocycles. The van der Waals surface area contributed by atoms with Gasteiger partial charge in [-0.2, -0.15) is 0 Å². The van der Waals surface area contributed by atoms with Crippen LogP contribution >= 0.6 is 11.6 Å². The van der Waals surface area contributed by atoms with Crippen LogP contribution in [0, 0.1) is 0 Å². The first-order valence-corrected chi connectivity index (χ1v) is 10.2. The van der Waals surface area contributed by atoms with Crippen LogP contribution in [0.2, 0.25) is 5.02 Å². The van der Waals surface area contributed by atoms with E-state index in [9.17, 15) is 13.2 Å². The van der Waals surface area contributed by atoms with Crippen molar-refractivity contribution in [1.82, 2.24) is 0 Å². The van der Waals surface area contributed by atoms with E-state index in [2.05, 4.69) is 5.32 Å². The van der Waals surface area contributed by atoms with E-state index in [4.69, 9.17) is 16.3 Å². The number of rotatable bonds is 7. The van der Waals surface area contributed by atoms with Gasteiger partial charge in [0.1, 0.15) is 12.3 Å². The molecule has 0 radical (unpaired) electrons. The van der Waals surface area contributed by atoms with E-state index >= 15 is 0 Å². The number of benzene rings is 2. The Morgan fingerprint density at radius 1 is 1.19 bits per heavy atom. The molecular weight excluding hydrogens is 376 g/mol. The predicted octanol–water partition coefficient (Wildman–Crippen LogP) is 3.32. The molecule has 1 amide bonds. The number of carbonyl (C=O) groups is 1. The van der Waals surface area contributed by atoms with Gasteiger partial charge in [0, 0.05) is 5.69 Å². The third-order valence-corrected chi connectivity index (χ3v) is 5.19. The van der Waals surface area contributed by atoms with Gasteiger partial charge in [0.05, 0.1) is 24.1 Å². The van der Waals surface area contributed by atoms with Crippen molar-refractivity contribution >= 4 is 38.9 Å². The van der Waals surface area contributed by atoms with Crippen LogP contribution in [0.4, 0.5) is 11.4 Å². The molecule has 6 nitrogen and oxygen atoms in total. The van der Waals surface area contributed by atoms with Crippen LogP contribution in [0.15, 0.2) is 42.5 Å². The van der Waals surface area contributed by atoms with Crippen molar-refractivity contribution in [3.63, 3.8) is 0 Å². The summed E-state index contributed by atoms with van der Waals surface area (Å²) in [6, 6.07) is 11.9. The number of nitrogens with zero attached hydrogens (tertiary/aromatic N) is 1. The summed E-state index contributed by atoms with van der Waals surface area (Å²) in [4.78, 5) is 12.3. The van der Waals surface area contributed by atoms with Gasteiger partial charge in [0.2, 0.25) is 15.9 Å². The summed E-state index contributed by atoms with van der Waals surface area (Å²) in [5.41, 5.74) is 1.97. The number of nitrogens with one attached hydrogen (secondary N) is 1. The van der Waals surface area contributed by atoms with E-state index in [0.29, 0.717) is 22.1 Å². The lowest BCUT2D eigenvalue weighted by molar-refractivity contribution is -0.114. The molecule has 8 heteroatoms. The molecule has 26 heavy (non-hydrogen) atoms. The first-order valence-electron chi connectivity index (χ1n) is 7.94. The fraction of sp³-hybridized carbons (Fsp3) is 0.278. The first kappa shape index (κ1) is 20.1. The average molecular weight is 397 g/mol. The molecule has 0 aromatic heterocycles. The van der Waals surface area contributed by atoms with Gasteiger partial charge < -0.3 is 10.1 Å². The molecule has 0 spiro atoms. The topological polar surface area (TPSA) is 75.7 Å². The number of methoxy groups -OCH3 is 1. The Morgan fingerprint density at radius 2 is 1.85 bits per heavy atom. The molecule has 0 saturated carbocycles. The maximum absolute atomic E-state index is 12.3. The zero-order valence-electron chi connectivity index (χ0n) is 14.8. The highest BCUT2D eigenvalue weighted by Gasteiger charge is 2.21. The van der Waals surface area contributed by atoms with Crippen molar-refractivity contribution < 1.29 is 17.9 Å². The highest BCUT2D eigenvalue weighted by molar-refractivity contribution is 7.92. The Hall–Kier alpha value is -2.25. The average Bonchev–Trinajstić information content (AvgIpc) is 2.59. The SMILES string of the molecule is CCc1ccc(N(CC(=O)Nc2ccc(OC)c(Cl)c2)S(C)(=O)=O)cc1. The molecular formula is C18H21ClN2O4S. The van der Waals surface area contributed by atoms with Crippen LogP contribution in [0.5, 0.6) is 5.75 Å². The quantitative estimate of drug-likeness (QED) is 0.778. The van der Waals surface area contributed by atoms with Crippen molar-refractivity contribution in [3.8, 4) is 5.75 Å². The summed E-state index contributed by atoms with van der Waals surface area (Å²) < 4.78 is 30.4. The molecule has 0 saturated heterocycles. The molecule has 140 valence electrons. The minimum atomic E-state index is -3.62. The highest BCUT2D eigenvalue weighted by atomic mass is 35.5. The zero-order valence-corrected chi connectivity index (χ0v) is 16.4. The van der Waals surface area contributed by atoms with Crippen LogP contribution < -0.4 is 14.4 Å². The van der Waals surface area contributed by atoms with Crippen LogP contribution in [0.1, 0.15) is 12.5 Å². The fourth-order valence-corrected chi connectivity index (χ4v) is 3.49. The molecule has 2 rings (SSSR count). The largest absolute Gasteiger partial charge is 0.495 e. The van der Waals surface area contributed by atoms with Crippen LogP contribution in [0.25, 0.3) is 0 Å². The smallest absolute Gasteiger partial charge is 0.245 e. The van der Waals surface area contributed by atoms with Gasteiger partial charge in [-0.05, 0) is 42.3 Å². The molecule has 2 aromatic rings. The molecule has 0 heterocycles. The maximum atomic E-state index is 12.3. The standard InChI is InChI=1S/C18H21ClN2O4S/c1-4-13-5-8-15(9-6-13)21(26(3,23)24)12-18(22)20-14-7-10-17(25-2)16(19)11-14/h5-11H,4,12H2,1-3H3,(H,20,22). The fourth-order valence-electron chi connectivity index (χ4n) is 2.37. The van der Waals surface area contributed by atoms with Gasteiger partial charge in [-0.3, -0.25) is 9.10 Å². The lowest BCUT2D eigenvalue weighted by atomic mass is 10.1. The Balaban J connectivity index is 2.17. The lowest BCUT2D eigenvalue weighted by Gasteiger charge is -2.22. The normalized spacial score (nSPS) is 11.1. The number of halogens is 1. The monoisotopic (exact) mass is 396 g/mol. The predicted molar refractivity (Wildman–Crippen MR) is 105 cm³/mol. The van der Waals surface area contributed by atoms with E-state index in [1.165, 1.54) is 7.11 Å². The minimum absolute atomic E-state index is 0.339. The van der Waals surface area contributed by atoms with E-state index < -0.39 is 15.9 Å². The summed E-state index contributed by atoms with van der Waals surface area (Å²) in [6.07, 6.45) is 1.91. The highest BCUT2D eigenvalue weighted by Crippen LogP contribution is 2.27. The Bertz CT molecular complexity index is 883. The van der Waals surface area contributed by atoms with Crippen LogP contribution in [-0.2, 0) is 21.2 Å². The number of anilines is 2. The van der Waals surface area contributed by atoms with Crippen LogP contribution in [0.3, 0.4) is 0 Å². The number of hydrogen-bond donors (Lipinski definition) is 1. The minimum Gasteiger partial charge on any atom is -0.495 e. The molecule has 0 fully saturated rings. The van der Waals surface area contributed by atoms with Gasteiger partial charge in [0.25, 0.3) is 0 Å². The number of ether oxygens (including phenoxy) is 1. The number of carbonyl (C=O) groups excluding carboxylic acids is 1. The summed E-state index contributed by atoms with van der Waals surface area (Å²) in [5, 5.41) is 2.99. The summed E-state index contributed by atoms with van der Waals surface area (Å²) >= 11 is 6.03. The third kappa shape index (κ3) is 5.12. The Morgan fingerprint density at radius 3 is 2.35 bits per heavy atom. The van der Waals surface area contributed by atoms with Gasteiger partial charge in [0.15, 0.2) is 0 Å². The van der Waals surface area contributed by atoms with Crippen molar-refractivity contribution in [2.45, 2.75) is 13.3 Å². The lowest BCUT2D eigenvalue weighted by Crippen LogP contribution is -2.37. The van der Waals surface area contributed by atoms with Gasteiger partial charge in [-0.15, -0.1) is 0 Å². The first-order chi connectivity index (χ1) is 12.2. The van der Waals surface area contributed by atoms with Crippen molar-refractivity contribution in [2.24, 2.45) is 0 Å². The molecule has 2 aromatic carbocycles. The molecule has 0 aliphatic rings. The molecule has 0 unspecified atom stereocenters. The van der Waals surface area contributed by atoms with E-state index in [-0.39, 0.29) is 6.54 Å². The summed E-state index contributed by atoms with van der Waals surface area (Å²) in [6.45, 7) is 1.67. The van der Waals surface area contributed by atoms with Crippen molar-refractivity contribution in [1.29, 1.82) is 0 Å². The van der Waals surface area contributed by atoms with Crippen molar-refractivity contribution in [3.05, 3.63) is 53.1 Å². The van der Waals surface area contributed by atoms with Gasteiger partial charge in [-0.25, -0.2) is 8.42 Å². The van der Waals surface area contributed by atoms with E-state index in [1.54, 1.807) is 30.3 Å². The molecule has 0 atom stereocenters. The maximum Gasteiger partial charge on any atom is 0.245 e. The Labute approximate surface area is 158 Å². The summed E-state index contributed by atoms with van der Waals surface area (Å²) in [5.74, 6) is 0.00895. The number of aryl methyl sites for hydroxylation is 1. The van der Waals surface area contributed by atoms with E-state index in [1.807, 2.05) is 19.1 Å². The molecule has 0 aliphatic heterocycles. The third-order valence-electron chi connectivity index (χ3n) is 3.76. The Kier molecular flexibility index (Phi) is 6.50. The zero-order chi connectivity index (χ0) is 19.3. The number of amides is 1. The second-order valence-corrected chi connectivity index (χ2v) is 8.00. The summed E-state index contributed by atoms with van der Waals surface area (Å²) in [7, 11) is -2.12. The second-order valence-electron chi connectivity index (χ2n) is 5.69. The molecule has 1 N–H and O–H groups in total. The van der Waals surface area contributed by atoms with E-state index in [0.717, 1.165) is 22.5 Å². The number of sulfonamides is 1. The van der Waals surface area contributed by atoms with Crippen molar-refractivity contribution in [2.75, 3.05) is 29.5 Å². The van der Waals surface area contributed by atoms with Gasteiger partial charge in [-0.1, -0.05) is 30.7 Å². The number of hydrogen-bond acceptors (Lipinski definition) is 4. The van der Waals surface area contributed by atoms with Crippen LogP contribution in [-0.4, -0.2) is 34.2 Å².